The summed E-state index contributed by atoms with van der Waals surface area (Å²) in [6.07, 6.45) is 1.46. The van der Waals surface area contributed by atoms with Crippen LogP contribution in [-0.4, -0.2) is 26.1 Å². The number of hydrogen-bond acceptors (Lipinski definition) is 6. The normalized spacial score (nSPS) is 15.3. The number of non-ortho nitro benzene ring substituents is 1. The predicted octanol–water partition coefficient (Wildman–Crippen LogP) is 3.28. The number of nitro groups is 1. The summed E-state index contributed by atoms with van der Waals surface area (Å²) < 4.78 is 13.4. The van der Waals surface area contributed by atoms with E-state index in [0.717, 1.165) is 22.8 Å². The van der Waals surface area contributed by atoms with Gasteiger partial charge in [-0.1, -0.05) is 30.0 Å². The van der Waals surface area contributed by atoms with Crippen LogP contribution in [0.2, 0.25) is 0 Å². The lowest BCUT2D eigenvalue weighted by Gasteiger charge is -2.15. The number of nitro benzene ring substituents is 1. The van der Waals surface area contributed by atoms with Gasteiger partial charge >= 0.3 is 0 Å². The Labute approximate surface area is 162 Å². The zero-order valence-corrected chi connectivity index (χ0v) is 15.1. The van der Waals surface area contributed by atoms with Crippen molar-refractivity contribution in [2.75, 3.05) is 0 Å². The molecule has 27 heavy (non-hydrogen) atoms. The van der Waals surface area contributed by atoms with Gasteiger partial charge in [0.1, 0.15) is 5.82 Å². The number of nitrogens with one attached hydrogen (secondary N) is 1. The number of rotatable bonds is 4. The maximum Gasteiger partial charge on any atom is 0.285 e. The van der Waals surface area contributed by atoms with E-state index in [1.807, 2.05) is 0 Å². The van der Waals surface area contributed by atoms with Gasteiger partial charge in [0.15, 0.2) is 4.32 Å². The van der Waals surface area contributed by atoms with Crippen molar-refractivity contribution in [3.8, 4) is 0 Å². The molecule has 0 aliphatic carbocycles. The fourth-order valence-electron chi connectivity index (χ4n) is 2.24. The average molecular weight is 403 g/mol. The third-order valence-electron chi connectivity index (χ3n) is 3.47. The van der Waals surface area contributed by atoms with E-state index in [1.54, 1.807) is 6.07 Å². The first-order chi connectivity index (χ1) is 12.8. The number of nitrogens with zero attached hydrogens (tertiary/aromatic N) is 2. The molecule has 1 heterocycles. The topological polar surface area (TPSA) is 92.6 Å². The molecule has 10 heteroatoms. The van der Waals surface area contributed by atoms with Gasteiger partial charge in [-0.05, 0) is 42.1 Å². The molecule has 1 fully saturated rings. The van der Waals surface area contributed by atoms with Crippen molar-refractivity contribution in [1.82, 2.24) is 10.4 Å². The zero-order chi connectivity index (χ0) is 19.6. The molecule has 0 aromatic heterocycles. The largest absolute Gasteiger partial charge is 0.285 e. The van der Waals surface area contributed by atoms with Crippen LogP contribution in [0.25, 0.3) is 6.08 Å². The Morgan fingerprint density at radius 2 is 2.00 bits per heavy atom. The Balaban J connectivity index is 1.78. The van der Waals surface area contributed by atoms with E-state index in [2.05, 4.69) is 5.43 Å². The Morgan fingerprint density at radius 1 is 1.26 bits per heavy atom. The monoisotopic (exact) mass is 403 g/mol. The van der Waals surface area contributed by atoms with Crippen LogP contribution in [0.1, 0.15) is 15.9 Å². The second kappa shape index (κ2) is 7.64. The molecule has 2 aromatic carbocycles. The van der Waals surface area contributed by atoms with Crippen molar-refractivity contribution >= 4 is 51.9 Å². The van der Waals surface area contributed by atoms with Gasteiger partial charge in [0.25, 0.3) is 17.5 Å². The van der Waals surface area contributed by atoms with Gasteiger partial charge in [0.05, 0.1) is 9.83 Å². The summed E-state index contributed by atoms with van der Waals surface area (Å²) in [5.74, 6) is -1.74. The SMILES string of the molecule is O=C(NN1C(=O)/C(=C\c2cccc(F)c2)SC1=S)c1cccc([N+](=O)[O-])c1. The van der Waals surface area contributed by atoms with E-state index in [9.17, 15) is 24.1 Å². The first kappa shape index (κ1) is 18.7. The molecule has 0 bridgehead atoms. The summed E-state index contributed by atoms with van der Waals surface area (Å²) in [4.78, 5) is 35.2. The van der Waals surface area contributed by atoms with Crippen LogP contribution in [0, 0.1) is 15.9 Å². The van der Waals surface area contributed by atoms with Crippen LogP contribution in [0.3, 0.4) is 0 Å². The molecule has 0 radical (unpaired) electrons. The van der Waals surface area contributed by atoms with Gasteiger partial charge < -0.3 is 0 Å². The fourth-order valence-corrected chi connectivity index (χ4v) is 3.42. The minimum atomic E-state index is -0.720. The Morgan fingerprint density at radius 3 is 2.70 bits per heavy atom. The summed E-state index contributed by atoms with van der Waals surface area (Å²) in [6, 6.07) is 10.7. The molecule has 1 saturated heterocycles. The second-order valence-corrected chi connectivity index (χ2v) is 7.00. The van der Waals surface area contributed by atoms with Gasteiger partial charge in [0, 0.05) is 17.7 Å². The van der Waals surface area contributed by atoms with E-state index in [4.69, 9.17) is 12.2 Å². The number of thioether (sulfide) groups is 1. The van der Waals surface area contributed by atoms with Gasteiger partial charge in [-0.2, -0.15) is 5.01 Å². The minimum absolute atomic E-state index is 0.00681. The molecule has 1 aliphatic rings. The molecule has 0 spiro atoms. The average Bonchev–Trinajstić information content (AvgIpc) is 2.89. The lowest BCUT2D eigenvalue weighted by atomic mass is 10.2. The Kier molecular flexibility index (Phi) is 5.28. The maximum atomic E-state index is 13.3. The molecule has 1 aliphatic heterocycles. The molecule has 2 aromatic rings. The third kappa shape index (κ3) is 4.18. The highest BCUT2D eigenvalue weighted by Gasteiger charge is 2.34. The van der Waals surface area contributed by atoms with Gasteiger partial charge in [0.2, 0.25) is 0 Å². The van der Waals surface area contributed by atoms with E-state index < -0.39 is 22.6 Å². The highest BCUT2D eigenvalue weighted by molar-refractivity contribution is 8.26. The zero-order valence-electron chi connectivity index (χ0n) is 13.4. The molecule has 0 unspecified atom stereocenters. The molecule has 0 saturated carbocycles. The number of hydrazine groups is 1. The molecule has 7 nitrogen and oxygen atoms in total. The van der Waals surface area contributed by atoms with Crippen LogP contribution >= 0.6 is 24.0 Å². The van der Waals surface area contributed by atoms with Crippen molar-refractivity contribution in [1.29, 1.82) is 0 Å². The first-order valence-corrected chi connectivity index (χ1v) is 8.66. The Hall–Kier alpha value is -3.11. The second-order valence-electron chi connectivity index (χ2n) is 5.32. The first-order valence-electron chi connectivity index (χ1n) is 7.44. The van der Waals surface area contributed by atoms with Crippen LogP contribution in [-0.2, 0) is 4.79 Å². The number of thiocarbonyl (C=S) groups is 1. The van der Waals surface area contributed by atoms with Crippen LogP contribution < -0.4 is 5.43 Å². The van der Waals surface area contributed by atoms with Gasteiger partial charge in [-0.15, -0.1) is 0 Å². The van der Waals surface area contributed by atoms with Crippen molar-refractivity contribution in [3.05, 3.63) is 80.5 Å². The highest BCUT2D eigenvalue weighted by Crippen LogP contribution is 2.31. The summed E-state index contributed by atoms with van der Waals surface area (Å²) in [6.45, 7) is 0. The van der Waals surface area contributed by atoms with Gasteiger partial charge in [-0.3, -0.25) is 25.1 Å². The Bertz CT molecular complexity index is 1010. The summed E-state index contributed by atoms with van der Waals surface area (Å²) in [7, 11) is 0. The van der Waals surface area contributed by atoms with Crippen molar-refractivity contribution < 1.29 is 18.9 Å². The van der Waals surface area contributed by atoms with Crippen molar-refractivity contribution in [3.63, 3.8) is 0 Å². The predicted molar refractivity (Wildman–Crippen MR) is 102 cm³/mol. The number of carbonyl (C=O) groups excluding carboxylic acids is 2. The van der Waals surface area contributed by atoms with Crippen LogP contribution in [0.4, 0.5) is 10.1 Å². The number of carbonyl (C=O) groups is 2. The molecule has 1 N–H and O–H groups in total. The molecule has 136 valence electrons. The lowest BCUT2D eigenvalue weighted by Crippen LogP contribution is -2.44. The summed E-state index contributed by atoms with van der Waals surface area (Å²) in [5.41, 5.74) is 2.56. The maximum absolute atomic E-state index is 13.3. The quantitative estimate of drug-likeness (QED) is 0.365. The molecule has 0 atom stereocenters. The lowest BCUT2D eigenvalue weighted by molar-refractivity contribution is -0.384. The highest BCUT2D eigenvalue weighted by atomic mass is 32.2. The van der Waals surface area contributed by atoms with Crippen molar-refractivity contribution in [2.45, 2.75) is 0 Å². The standard InChI is InChI=1S/C17H10FN3O4S2/c18-12-5-1-3-10(7-12)8-14-16(23)20(17(26)27-14)19-15(22)11-4-2-6-13(9-11)21(24)25/h1-9H,(H,19,22)/b14-8+. The molecular formula is C17H10FN3O4S2. The van der Waals surface area contributed by atoms with Crippen molar-refractivity contribution in [2.24, 2.45) is 0 Å². The number of amides is 2. The smallest absolute Gasteiger partial charge is 0.267 e. The summed E-state index contributed by atoms with van der Waals surface area (Å²) in [5, 5.41) is 11.7. The summed E-state index contributed by atoms with van der Waals surface area (Å²) >= 11 is 6.05. The van der Waals surface area contributed by atoms with Gasteiger partial charge in [-0.25, -0.2) is 4.39 Å². The number of hydrogen-bond donors (Lipinski definition) is 1. The molecular weight excluding hydrogens is 393 g/mol. The van der Waals surface area contributed by atoms with E-state index >= 15 is 0 Å². The number of halogens is 1. The van der Waals surface area contributed by atoms with Crippen LogP contribution in [0.5, 0.6) is 0 Å². The van der Waals surface area contributed by atoms with E-state index in [0.29, 0.717) is 5.56 Å². The third-order valence-corrected chi connectivity index (χ3v) is 4.77. The number of benzene rings is 2. The van der Waals surface area contributed by atoms with E-state index in [1.165, 1.54) is 42.5 Å². The van der Waals surface area contributed by atoms with Crippen LogP contribution in [0.15, 0.2) is 53.4 Å². The minimum Gasteiger partial charge on any atom is -0.267 e. The molecule has 2 amide bonds. The van der Waals surface area contributed by atoms with E-state index in [-0.39, 0.29) is 20.5 Å². The molecule has 3 rings (SSSR count). The fraction of sp³-hybridized carbons (Fsp3) is 0.